The number of benzene rings is 5. The summed E-state index contributed by atoms with van der Waals surface area (Å²) in [6.07, 6.45) is 1.00. The fraction of sp³-hybridized carbons (Fsp3) is 0.0294. The molecule has 1 aliphatic carbocycles. The summed E-state index contributed by atoms with van der Waals surface area (Å²) < 4.78 is 0. The minimum absolute atomic E-state index is 0.668. The van der Waals surface area contributed by atoms with Crippen molar-refractivity contribution in [2.45, 2.75) is 6.42 Å². The number of hydrogen-bond acceptors (Lipinski definition) is 3. The van der Waals surface area contributed by atoms with Crippen molar-refractivity contribution in [1.82, 2.24) is 15.0 Å². The van der Waals surface area contributed by atoms with Crippen LogP contribution in [-0.4, -0.2) is 15.0 Å². The molecule has 1 heterocycles. The van der Waals surface area contributed by atoms with Crippen LogP contribution in [0.25, 0.3) is 56.4 Å². The standard InChI is InChI=1S/C34H23N3/c1-3-10-23(11-4-1)32-35-33(24-12-5-2-6-13-24)37-34(36-32)29-16-9-15-25(20-29)26-18-19-28-21-27-14-7-8-17-30(27)31(28)22-26/h1-20,22H,21H2. The molecule has 0 saturated carbocycles. The first kappa shape index (κ1) is 21.4. The van der Waals surface area contributed by atoms with Crippen molar-refractivity contribution >= 4 is 0 Å². The Labute approximate surface area is 216 Å². The summed E-state index contributed by atoms with van der Waals surface area (Å²) in [5.74, 6) is 2.01. The van der Waals surface area contributed by atoms with E-state index in [1.54, 1.807) is 0 Å². The highest BCUT2D eigenvalue weighted by molar-refractivity contribution is 5.82. The number of rotatable bonds is 4. The van der Waals surface area contributed by atoms with E-state index in [2.05, 4.69) is 66.7 Å². The molecule has 0 amide bonds. The molecule has 0 saturated heterocycles. The molecule has 1 aliphatic rings. The molecule has 5 aromatic carbocycles. The van der Waals surface area contributed by atoms with Gasteiger partial charge in [-0.3, -0.25) is 0 Å². The molecule has 37 heavy (non-hydrogen) atoms. The van der Waals surface area contributed by atoms with Gasteiger partial charge in [-0.25, -0.2) is 15.0 Å². The van der Waals surface area contributed by atoms with Gasteiger partial charge in [-0.1, -0.05) is 115 Å². The van der Waals surface area contributed by atoms with E-state index in [4.69, 9.17) is 15.0 Å². The molecule has 6 aromatic rings. The van der Waals surface area contributed by atoms with E-state index in [1.165, 1.54) is 27.8 Å². The first-order valence-electron chi connectivity index (χ1n) is 12.5. The van der Waals surface area contributed by atoms with Crippen LogP contribution in [0.5, 0.6) is 0 Å². The minimum Gasteiger partial charge on any atom is -0.208 e. The van der Waals surface area contributed by atoms with E-state index in [0.29, 0.717) is 17.5 Å². The highest BCUT2D eigenvalue weighted by Gasteiger charge is 2.18. The highest BCUT2D eigenvalue weighted by atomic mass is 15.0. The van der Waals surface area contributed by atoms with Crippen LogP contribution in [0.1, 0.15) is 11.1 Å². The van der Waals surface area contributed by atoms with Crippen LogP contribution in [0, 0.1) is 0 Å². The van der Waals surface area contributed by atoms with Crippen LogP contribution >= 0.6 is 0 Å². The molecular formula is C34H23N3. The molecule has 0 radical (unpaired) electrons. The summed E-state index contributed by atoms with van der Waals surface area (Å²) in [6.45, 7) is 0. The second kappa shape index (κ2) is 8.96. The molecular weight excluding hydrogens is 450 g/mol. The zero-order valence-electron chi connectivity index (χ0n) is 20.2. The summed E-state index contributed by atoms with van der Waals surface area (Å²) in [6, 6.07) is 44.2. The number of fused-ring (bicyclic) bond motifs is 3. The van der Waals surface area contributed by atoms with E-state index < -0.39 is 0 Å². The lowest BCUT2D eigenvalue weighted by atomic mass is 9.97. The highest BCUT2D eigenvalue weighted by Crippen LogP contribution is 2.39. The van der Waals surface area contributed by atoms with E-state index >= 15 is 0 Å². The van der Waals surface area contributed by atoms with Gasteiger partial charge >= 0.3 is 0 Å². The average Bonchev–Trinajstić information content (AvgIpc) is 3.36. The quantitative estimate of drug-likeness (QED) is 0.259. The van der Waals surface area contributed by atoms with Gasteiger partial charge in [0.1, 0.15) is 0 Å². The Balaban J connectivity index is 1.34. The number of nitrogens with zero attached hydrogens (tertiary/aromatic N) is 3. The van der Waals surface area contributed by atoms with Gasteiger partial charge in [-0.15, -0.1) is 0 Å². The fourth-order valence-corrected chi connectivity index (χ4v) is 5.08. The maximum atomic E-state index is 4.90. The second-order valence-corrected chi connectivity index (χ2v) is 9.32. The summed E-state index contributed by atoms with van der Waals surface area (Å²) in [5.41, 5.74) is 10.7. The van der Waals surface area contributed by atoms with E-state index in [1.807, 2.05) is 60.7 Å². The number of hydrogen-bond donors (Lipinski definition) is 0. The van der Waals surface area contributed by atoms with Gasteiger partial charge in [0.25, 0.3) is 0 Å². The monoisotopic (exact) mass is 473 g/mol. The predicted molar refractivity (Wildman–Crippen MR) is 150 cm³/mol. The van der Waals surface area contributed by atoms with Gasteiger partial charge in [-0.2, -0.15) is 0 Å². The minimum atomic E-state index is 0.668. The molecule has 0 fully saturated rings. The summed E-state index contributed by atoms with van der Waals surface area (Å²) in [5, 5.41) is 0. The Morgan fingerprint density at radius 3 is 1.57 bits per heavy atom. The third-order valence-corrected chi connectivity index (χ3v) is 6.95. The first-order valence-corrected chi connectivity index (χ1v) is 12.5. The Bertz CT molecular complexity index is 1680. The summed E-state index contributed by atoms with van der Waals surface area (Å²) >= 11 is 0. The third-order valence-electron chi connectivity index (χ3n) is 6.95. The SMILES string of the molecule is c1ccc(-c2nc(-c3ccccc3)nc(-c3cccc(-c4ccc5c(c4)-c4ccccc4C5)c3)n2)cc1. The summed E-state index contributed by atoms with van der Waals surface area (Å²) in [7, 11) is 0. The zero-order valence-corrected chi connectivity index (χ0v) is 20.2. The normalized spacial score (nSPS) is 11.7. The second-order valence-electron chi connectivity index (χ2n) is 9.32. The molecule has 3 nitrogen and oxygen atoms in total. The maximum Gasteiger partial charge on any atom is 0.164 e. The molecule has 0 spiro atoms. The smallest absolute Gasteiger partial charge is 0.164 e. The van der Waals surface area contributed by atoms with Crippen LogP contribution in [-0.2, 0) is 6.42 Å². The lowest BCUT2D eigenvalue weighted by Gasteiger charge is -2.10. The van der Waals surface area contributed by atoms with Gasteiger partial charge in [0.05, 0.1) is 0 Å². The molecule has 174 valence electrons. The fourth-order valence-electron chi connectivity index (χ4n) is 5.08. The van der Waals surface area contributed by atoms with E-state index in [9.17, 15) is 0 Å². The van der Waals surface area contributed by atoms with Crippen molar-refractivity contribution in [3.05, 3.63) is 139 Å². The van der Waals surface area contributed by atoms with Crippen LogP contribution in [0.4, 0.5) is 0 Å². The lowest BCUT2D eigenvalue weighted by molar-refractivity contribution is 1.07. The Morgan fingerprint density at radius 2 is 0.865 bits per heavy atom. The Morgan fingerprint density at radius 1 is 0.351 bits per heavy atom. The van der Waals surface area contributed by atoms with Crippen LogP contribution < -0.4 is 0 Å². The van der Waals surface area contributed by atoms with Crippen LogP contribution in [0.2, 0.25) is 0 Å². The van der Waals surface area contributed by atoms with E-state index in [-0.39, 0.29) is 0 Å². The maximum absolute atomic E-state index is 4.90. The zero-order chi connectivity index (χ0) is 24.6. The van der Waals surface area contributed by atoms with Crippen molar-refractivity contribution in [3.8, 4) is 56.4 Å². The molecule has 0 bridgehead atoms. The summed E-state index contributed by atoms with van der Waals surface area (Å²) in [4.78, 5) is 14.6. The third kappa shape index (κ3) is 4.01. The van der Waals surface area contributed by atoms with Gasteiger partial charge in [0.15, 0.2) is 17.5 Å². The molecule has 0 atom stereocenters. The van der Waals surface area contributed by atoms with Crippen molar-refractivity contribution in [2.24, 2.45) is 0 Å². The molecule has 0 aliphatic heterocycles. The molecule has 7 rings (SSSR count). The largest absolute Gasteiger partial charge is 0.208 e. The van der Waals surface area contributed by atoms with Crippen LogP contribution in [0.3, 0.4) is 0 Å². The lowest BCUT2D eigenvalue weighted by Crippen LogP contribution is -2.00. The average molecular weight is 474 g/mol. The van der Waals surface area contributed by atoms with Crippen molar-refractivity contribution in [3.63, 3.8) is 0 Å². The number of aromatic nitrogens is 3. The van der Waals surface area contributed by atoms with Crippen molar-refractivity contribution in [2.75, 3.05) is 0 Å². The van der Waals surface area contributed by atoms with Gasteiger partial charge in [0.2, 0.25) is 0 Å². The Hall–Kier alpha value is -4.89. The Kier molecular flexibility index (Phi) is 5.18. The van der Waals surface area contributed by atoms with Gasteiger partial charge < -0.3 is 0 Å². The van der Waals surface area contributed by atoms with Crippen LogP contribution in [0.15, 0.2) is 127 Å². The first-order chi connectivity index (χ1) is 18.3. The van der Waals surface area contributed by atoms with Gasteiger partial charge in [-0.05, 0) is 51.9 Å². The predicted octanol–water partition coefficient (Wildman–Crippen LogP) is 8.11. The van der Waals surface area contributed by atoms with E-state index in [0.717, 1.165) is 28.7 Å². The molecule has 0 unspecified atom stereocenters. The molecule has 3 heteroatoms. The van der Waals surface area contributed by atoms with Crippen molar-refractivity contribution < 1.29 is 0 Å². The molecule has 1 aromatic heterocycles. The van der Waals surface area contributed by atoms with Crippen molar-refractivity contribution in [1.29, 1.82) is 0 Å². The molecule has 0 N–H and O–H groups in total. The topological polar surface area (TPSA) is 38.7 Å². The van der Waals surface area contributed by atoms with Gasteiger partial charge in [0, 0.05) is 16.7 Å².